The van der Waals surface area contributed by atoms with Crippen molar-refractivity contribution in [2.24, 2.45) is 0 Å². The fourth-order valence-corrected chi connectivity index (χ4v) is 4.20. The normalized spacial score (nSPS) is 17.5. The maximum Gasteiger partial charge on any atom is 0.343 e. The molecule has 0 atom stereocenters. The second kappa shape index (κ2) is 9.18. The lowest BCUT2D eigenvalue weighted by molar-refractivity contribution is -0.135. The topological polar surface area (TPSA) is 84.0 Å². The molecule has 31 heavy (non-hydrogen) atoms. The van der Waals surface area contributed by atoms with Gasteiger partial charge in [-0.1, -0.05) is 30.3 Å². The third-order valence-electron chi connectivity index (χ3n) is 5.02. The van der Waals surface area contributed by atoms with Crippen molar-refractivity contribution >= 4 is 40.9 Å². The Kier molecular flexibility index (Phi) is 6.18. The Morgan fingerprint density at radius 3 is 2.32 bits per heavy atom. The van der Waals surface area contributed by atoms with Gasteiger partial charge in [0, 0.05) is 13.1 Å². The molecule has 2 aliphatic heterocycles. The lowest BCUT2D eigenvalue weighted by Gasteiger charge is -2.18. The molecule has 4 rings (SSSR count). The van der Waals surface area contributed by atoms with Crippen LogP contribution in [0, 0.1) is 0 Å². The fourth-order valence-electron chi connectivity index (χ4n) is 3.36. The van der Waals surface area contributed by atoms with Gasteiger partial charge in [0.15, 0.2) is 0 Å². The highest BCUT2D eigenvalue weighted by molar-refractivity contribution is 8.18. The first kappa shape index (κ1) is 20.9. The monoisotopic (exact) mass is 436 g/mol. The van der Waals surface area contributed by atoms with Crippen LogP contribution in [0.4, 0.5) is 4.79 Å². The first-order valence-electron chi connectivity index (χ1n) is 9.92. The van der Waals surface area contributed by atoms with Crippen molar-refractivity contribution in [1.82, 2.24) is 9.80 Å². The number of hydrogen-bond donors (Lipinski definition) is 0. The molecule has 3 amide bonds. The summed E-state index contributed by atoms with van der Waals surface area (Å²) in [5.41, 5.74) is 1.12. The van der Waals surface area contributed by atoms with Gasteiger partial charge in [0.2, 0.25) is 5.91 Å². The lowest BCUT2D eigenvalue weighted by atomic mass is 10.2. The third kappa shape index (κ3) is 4.86. The molecule has 0 spiro atoms. The number of thioether (sulfide) groups is 1. The Balaban J connectivity index is 1.40. The van der Waals surface area contributed by atoms with Gasteiger partial charge < -0.3 is 9.64 Å². The van der Waals surface area contributed by atoms with E-state index in [0.29, 0.717) is 30.0 Å². The van der Waals surface area contributed by atoms with Gasteiger partial charge in [-0.15, -0.1) is 0 Å². The zero-order valence-electron chi connectivity index (χ0n) is 16.7. The highest BCUT2D eigenvalue weighted by Crippen LogP contribution is 2.32. The van der Waals surface area contributed by atoms with Gasteiger partial charge in [-0.05, 0) is 60.5 Å². The summed E-state index contributed by atoms with van der Waals surface area (Å²) in [4.78, 5) is 52.2. The largest absolute Gasteiger partial charge is 0.423 e. The molecule has 2 saturated heterocycles. The highest BCUT2D eigenvalue weighted by Gasteiger charge is 2.37. The average Bonchev–Trinajstić information content (AvgIpc) is 3.41. The van der Waals surface area contributed by atoms with Gasteiger partial charge in [0.25, 0.3) is 11.1 Å². The maximum atomic E-state index is 12.6. The lowest BCUT2D eigenvalue weighted by Crippen LogP contribution is -2.40. The first-order chi connectivity index (χ1) is 15.0. The second-order valence-electron chi connectivity index (χ2n) is 7.18. The molecule has 0 saturated carbocycles. The minimum Gasteiger partial charge on any atom is -0.423 e. The Hall–Kier alpha value is -3.39. The predicted octanol–water partition coefficient (Wildman–Crippen LogP) is 3.56. The zero-order valence-corrected chi connectivity index (χ0v) is 17.5. The van der Waals surface area contributed by atoms with E-state index in [4.69, 9.17) is 4.74 Å². The Morgan fingerprint density at radius 2 is 1.65 bits per heavy atom. The van der Waals surface area contributed by atoms with Crippen LogP contribution in [-0.2, 0) is 9.59 Å². The number of carbonyl (C=O) groups is 4. The molecule has 0 radical (unpaired) electrons. The number of amides is 3. The molecule has 0 unspecified atom stereocenters. The minimum absolute atomic E-state index is 0.203. The van der Waals surface area contributed by atoms with Crippen molar-refractivity contribution in [2.45, 2.75) is 12.8 Å². The summed E-state index contributed by atoms with van der Waals surface area (Å²) in [6.07, 6.45) is 3.49. The van der Waals surface area contributed by atoms with Gasteiger partial charge >= 0.3 is 5.97 Å². The molecule has 2 aromatic rings. The van der Waals surface area contributed by atoms with Gasteiger partial charge in [0.1, 0.15) is 12.3 Å². The van der Waals surface area contributed by atoms with Gasteiger partial charge in [0.05, 0.1) is 10.5 Å². The predicted molar refractivity (Wildman–Crippen MR) is 116 cm³/mol. The molecule has 0 aromatic heterocycles. The summed E-state index contributed by atoms with van der Waals surface area (Å²) in [6.45, 7) is 1.12. The summed E-state index contributed by atoms with van der Waals surface area (Å²) in [5.74, 6) is -0.764. The molecule has 0 aliphatic carbocycles. The Morgan fingerprint density at radius 1 is 0.968 bits per heavy atom. The quantitative estimate of drug-likeness (QED) is 0.405. The number of carbonyl (C=O) groups excluding carboxylic acids is 4. The van der Waals surface area contributed by atoms with Crippen LogP contribution in [0.2, 0.25) is 0 Å². The molecule has 2 aromatic carbocycles. The number of ether oxygens (including phenoxy) is 1. The second-order valence-corrected chi connectivity index (χ2v) is 8.17. The van der Waals surface area contributed by atoms with Crippen LogP contribution in [0.5, 0.6) is 5.75 Å². The number of esters is 1. The Bertz CT molecular complexity index is 1040. The van der Waals surface area contributed by atoms with Gasteiger partial charge in [-0.3, -0.25) is 19.3 Å². The van der Waals surface area contributed by atoms with E-state index in [9.17, 15) is 19.2 Å². The van der Waals surface area contributed by atoms with Crippen LogP contribution in [0.1, 0.15) is 28.8 Å². The number of nitrogens with zero attached hydrogens (tertiary/aromatic N) is 2. The zero-order chi connectivity index (χ0) is 21.8. The minimum atomic E-state index is -0.470. The van der Waals surface area contributed by atoms with E-state index in [-0.39, 0.29) is 17.4 Å². The standard InChI is InChI=1S/C23H20N2O5S/c26-20(24-12-4-5-13-24)15-25-21(27)19(31-23(25)29)14-16-8-10-18(11-9-16)30-22(28)17-6-2-1-3-7-17/h1-3,6-11,14H,4-5,12-13,15H2/b19-14-. The summed E-state index contributed by atoms with van der Waals surface area (Å²) in [7, 11) is 0. The van der Waals surface area contributed by atoms with Crippen molar-refractivity contribution < 1.29 is 23.9 Å². The van der Waals surface area contributed by atoms with Crippen LogP contribution < -0.4 is 4.74 Å². The molecule has 0 N–H and O–H groups in total. The van der Waals surface area contributed by atoms with Crippen molar-refractivity contribution in [3.8, 4) is 5.75 Å². The number of rotatable bonds is 5. The van der Waals surface area contributed by atoms with E-state index in [1.165, 1.54) is 0 Å². The first-order valence-corrected chi connectivity index (χ1v) is 10.7. The molecular weight excluding hydrogens is 416 g/mol. The van der Waals surface area contributed by atoms with Crippen LogP contribution in [0.15, 0.2) is 59.5 Å². The van der Waals surface area contributed by atoms with Crippen LogP contribution >= 0.6 is 11.8 Å². The van der Waals surface area contributed by atoms with E-state index < -0.39 is 17.1 Å². The number of likely N-dealkylation sites (tertiary alicyclic amines) is 1. The highest BCUT2D eigenvalue weighted by atomic mass is 32.2. The fraction of sp³-hybridized carbons (Fsp3) is 0.217. The molecule has 2 heterocycles. The van der Waals surface area contributed by atoms with Crippen LogP contribution in [-0.4, -0.2) is 52.5 Å². The van der Waals surface area contributed by atoms with Crippen LogP contribution in [0.3, 0.4) is 0 Å². The summed E-state index contributed by atoms with van der Waals surface area (Å²) >= 11 is 0.816. The van der Waals surface area contributed by atoms with E-state index in [2.05, 4.69) is 0 Å². The number of imide groups is 1. The summed E-state index contributed by atoms with van der Waals surface area (Å²) < 4.78 is 5.34. The van der Waals surface area contributed by atoms with Gasteiger partial charge in [-0.25, -0.2) is 4.79 Å². The van der Waals surface area contributed by atoms with E-state index in [1.807, 2.05) is 6.07 Å². The Labute approximate surface area is 183 Å². The van der Waals surface area contributed by atoms with Crippen molar-refractivity contribution in [1.29, 1.82) is 0 Å². The van der Waals surface area contributed by atoms with Crippen molar-refractivity contribution in [2.75, 3.05) is 19.6 Å². The van der Waals surface area contributed by atoms with Crippen LogP contribution in [0.25, 0.3) is 6.08 Å². The number of hydrogen-bond acceptors (Lipinski definition) is 6. The van der Waals surface area contributed by atoms with Crippen molar-refractivity contribution in [3.05, 3.63) is 70.6 Å². The molecule has 158 valence electrons. The molecular formula is C23H20N2O5S. The maximum absolute atomic E-state index is 12.6. The smallest absolute Gasteiger partial charge is 0.343 e. The third-order valence-corrected chi connectivity index (χ3v) is 5.93. The van der Waals surface area contributed by atoms with Gasteiger partial charge in [-0.2, -0.15) is 0 Å². The number of benzene rings is 2. The molecule has 2 aliphatic rings. The van der Waals surface area contributed by atoms with Crippen molar-refractivity contribution in [3.63, 3.8) is 0 Å². The molecule has 7 nitrogen and oxygen atoms in total. The molecule has 2 fully saturated rings. The van der Waals surface area contributed by atoms with E-state index >= 15 is 0 Å². The SMILES string of the molecule is O=C(Oc1ccc(/C=C2\SC(=O)N(CC(=O)N3CCCC3)C2=O)cc1)c1ccccc1. The average molecular weight is 436 g/mol. The molecule has 0 bridgehead atoms. The van der Waals surface area contributed by atoms with E-state index in [1.54, 1.807) is 59.5 Å². The summed E-state index contributed by atoms with van der Waals surface area (Å²) in [5, 5.41) is -0.447. The summed E-state index contributed by atoms with van der Waals surface area (Å²) in [6, 6.07) is 15.3. The van der Waals surface area contributed by atoms with E-state index in [0.717, 1.165) is 29.5 Å². The molecule has 8 heteroatoms.